The highest BCUT2D eigenvalue weighted by Crippen LogP contribution is 2.25. The van der Waals surface area contributed by atoms with Gasteiger partial charge >= 0.3 is 0 Å². The molecule has 0 unspecified atom stereocenters. The smallest absolute Gasteiger partial charge is 0.234 e. The van der Waals surface area contributed by atoms with E-state index in [1.54, 1.807) is 18.2 Å². The maximum Gasteiger partial charge on any atom is 0.234 e. The average molecular weight is 445 g/mol. The summed E-state index contributed by atoms with van der Waals surface area (Å²) in [6, 6.07) is 10.4. The number of hydrogen-bond acceptors (Lipinski definition) is 6. The van der Waals surface area contributed by atoms with Crippen LogP contribution >= 0.6 is 11.8 Å². The van der Waals surface area contributed by atoms with E-state index in [0.29, 0.717) is 23.0 Å². The number of carbonyl (C=O) groups is 1. The fourth-order valence-electron chi connectivity index (χ4n) is 2.67. The summed E-state index contributed by atoms with van der Waals surface area (Å²) in [5, 5.41) is 17.5. The number of thioether (sulfide) groups is 1. The van der Waals surface area contributed by atoms with Crippen LogP contribution in [0.4, 0.5) is 18.9 Å². The Kier molecular flexibility index (Phi) is 5.62. The molecular weight excluding hydrogens is 431 g/mol. The summed E-state index contributed by atoms with van der Waals surface area (Å²) < 4.78 is 40.8. The van der Waals surface area contributed by atoms with Gasteiger partial charge in [0, 0.05) is 11.6 Å². The fourth-order valence-corrected chi connectivity index (χ4v) is 3.33. The van der Waals surface area contributed by atoms with Crippen LogP contribution in [0.2, 0.25) is 0 Å². The third kappa shape index (κ3) is 4.53. The molecule has 31 heavy (non-hydrogen) atoms. The molecule has 8 nitrogen and oxygen atoms in total. The molecule has 158 valence electrons. The molecule has 1 amide bonds. The molecule has 0 spiro atoms. The highest BCUT2D eigenvalue weighted by molar-refractivity contribution is 7.99. The third-order valence-corrected chi connectivity index (χ3v) is 5.10. The van der Waals surface area contributed by atoms with Gasteiger partial charge in [-0.2, -0.15) is 5.10 Å². The van der Waals surface area contributed by atoms with E-state index in [1.807, 2.05) is 0 Å². The van der Waals surface area contributed by atoms with Crippen LogP contribution < -0.4 is 11.2 Å². The minimum atomic E-state index is -0.876. The molecule has 0 aliphatic carbocycles. The van der Waals surface area contributed by atoms with Gasteiger partial charge in [0.2, 0.25) is 16.9 Å². The van der Waals surface area contributed by atoms with Crippen LogP contribution in [0.15, 0.2) is 53.7 Å². The molecule has 2 aromatic carbocycles. The minimum absolute atomic E-state index is 0.129. The van der Waals surface area contributed by atoms with E-state index >= 15 is 0 Å². The molecule has 12 heteroatoms. The van der Waals surface area contributed by atoms with Crippen molar-refractivity contribution in [2.75, 3.05) is 16.9 Å². The number of hydrogen-bond donors (Lipinski definition) is 3. The van der Waals surface area contributed by atoms with Crippen LogP contribution in [-0.2, 0) is 4.79 Å². The molecule has 0 bridgehead atoms. The maximum atomic E-state index is 13.6. The van der Waals surface area contributed by atoms with Crippen molar-refractivity contribution in [1.29, 1.82) is 0 Å². The van der Waals surface area contributed by atoms with Gasteiger partial charge in [-0.25, -0.2) is 17.8 Å². The van der Waals surface area contributed by atoms with Gasteiger partial charge in [0.15, 0.2) is 0 Å². The van der Waals surface area contributed by atoms with Crippen molar-refractivity contribution in [2.24, 2.45) is 0 Å². The number of amides is 1. The van der Waals surface area contributed by atoms with Crippen molar-refractivity contribution in [3.8, 4) is 22.8 Å². The second-order valence-electron chi connectivity index (χ2n) is 6.31. The van der Waals surface area contributed by atoms with Crippen molar-refractivity contribution in [3.05, 3.63) is 66.0 Å². The quantitative estimate of drug-likeness (QED) is 0.310. The SMILES string of the molecule is Nn1c(SCC(=O)Nc2ccc(F)cc2F)nnc1-c1cc(-c2ccc(F)cc2)n[nH]1. The summed E-state index contributed by atoms with van der Waals surface area (Å²) in [4.78, 5) is 12.1. The lowest BCUT2D eigenvalue weighted by Gasteiger charge is -2.06. The number of halogens is 3. The van der Waals surface area contributed by atoms with Crippen molar-refractivity contribution in [2.45, 2.75) is 5.16 Å². The van der Waals surface area contributed by atoms with Crippen molar-refractivity contribution >= 4 is 23.4 Å². The molecule has 0 aliphatic heterocycles. The van der Waals surface area contributed by atoms with Crippen LogP contribution in [0.5, 0.6) is 0 Å². The van der Waals surface area contributed by atoms with Gasteiger partial charge in [0.25, 0.3) is 0 Å². The second kappa shape index (κ2) is 8.52. The van der Waals surface area contributed by atoms with Crippen LogP contribution in [0.3, 0.4) is 0 Å². The normalized spacial score (nSPS) is 10.9. The highest BCUT2D eigenvalue weighted by Gasteiger charge is 2.17. The molecule has 0 atom stereocenters. The van der Waals surface area contributed by atoms with Gasteiger partial charge in [-0.15, -0.1) is 10.2 Å². The zero-order valence-electron chi connectivity index (χ0n) is 15.6. The average Bonchev–Trinajstić information content (AvgIpc) is 3.36. The number of anilines is 1. The Morgan fingerprint density at radius 1 is 1.06 bits per heavy atom. The number of aromatic nitrogens is 5. The lowest BCUT2D eigenvalue weighted by Crippen LogP contribution is -2.17. The van der Waals surface area contributed by atoms with Gasteiger partial charge in [0.1, 0.15) is 23.1 Å². The number of H-pyrrole nitrogens is 1. The van der Waals surface area contributed by atoms with E-state index in [2.05, 4.69) is 25.7 Å². The van der Waals surface area contributed by atoms with Crippen molar-refractivity contribution in [3.63, 3.8) is 0 Å². The summed E-state index contributed by atoms with van der Waals surface area (Å²) in [5.74, 6) is 3.67. The number of nitrogen functional groups attached to an aromatic ring is 1. The number of nitrogens with zero attached hydrogens (tertiary/aromatic N) is 4. The lowest BCUT2D eigenvalue weighted by atomic mass is 10.1. The molecule has 2 heterocycles. The predicted molar refractivity (Wildman–Crippen MR) is 109 cm³/mol. The molecular formula is C19H14F3N7OS. The Hall–Kier alpha value is -3.80. The maximum absolute atomic E-state index is 13.6. The summed E-state index contributed by atoms with van der Waals surface area (Å²) in [7, 11) is 0. The van der Waals surface area contributed by atoms with Crippen molar-refractivity contribution < 1.29 is 18.0 Å². The van der Waals surface area contributed by atoms with E-state index in [9.17, 15) is 18.0 Å². The summed E-state index contributed by atoms with van der Waals surface area (Å²) in [6.45, 7) is 0. The first-order valence-corrected chi connectivity index (χ1v) is 9.79. The Balaban J connectivity index is 1.42. The number of rotatable bonds is 6. The van der Waals surface area contributed by atoms with E-state index in [1.165, 1.54) is 16.8 Å². The Morgan fingerprint density at radius 3 is 2.55 bits per heavy atom. The highest BCUT2D eigenvalue weighted by atomic mass is 32.2. The summed E-state index contributed by atoms with van der Waals surface area (Å²) in [6.07, 6.45) is 0. The minimum Gasteiger partial charge on any atom is -0.335 e. The number of nitrogens with two attached hydrogens (primary N) is 1. The molecule has 4 rings (SSSR count). The van der Waals surface area contributed by atoms with Crippen molar-refractivity contribution in [1.82, 2.24) is 25.1 Å². The fraction of sp³-hybridized carbons (Fsp3) is 0.0526. The molecule has 0 radical (unpaired) electrons. The van der Waals surface area contributed by atoms with E-state index in [0.717, 1.165) is 23.9 Å². The summed E-state index contributed by atoms with van der Waals surface area (Å²) >= 11 is 0.984. The molecule has 4 N–H and O–H groups in total. The van der Waals surface area contributed by atoms with Crippen LogP contribution in [0.1, 0.15) is 0 Å². The van der Waals surface area contributed by atoms with E-state index < -0.39 is 17.5 Å². The Morgan fingerprint density at radius 2 is 1.81 bits per heavy atom. The number of carbonyl (C=O) groups excluding carboxylic acids is 1. The summed E-state index contributed by atoms with van der Waals surface area (Å²) in [5.41, 5.74) is 1.60. The predicted octanol–water partition coefficient (Wildman–Crippen LogP) is 3.20. The first-order chi connectivity index (χ1) is 14.9. The Labute approximate surface area is 177 Å². The first-order valence-electron chi connectivity index (χ1n) is 8.80. The second-order valence-corrected chi connectivity index (χ2v) is 7.25. The topological polar surface area (TPSA) is 115 Å². The largest absolute Gasteiger partial charge is 0.335 e. The molecule has 0 fully saturated rings. The monoisotopic (exact) mass is 445 g/mol. The zero-order chi connectivity index (χ0) is 22.0. The van der Waals surface area contributed by atoms with E-state index in [-0.39, 0.29) is 28.2 Å². The zero-order valence-corrected chi connectivity index (χ0v) is 16.5. The standard InChI is InChI=1S/C19H14F3N7OS/c20-11-3-1-10(2-4-11)15-8-16(26-25-15)18-27-28-19(29(18)23)31-9-17(30)24-14-6-5-12(21)7-13(14)22/h1-8H,9,23H2,(H,24,30)(H,25,26). The van der Waals surface area contributed by atoms with Crippen LogP contribution in [0.25, 0.3) is 22.8 Å². The number of aromatic amines is 1. The lowest BCUT2D eigenvalue weighted by molar-refractivity contribution is -0.113. The van der Waals surface area contributed by atoms with E-state index in [4.69, 9.17) is 5.84 Å². The molecule has 2 aromatic heterocycles. The third-order valence-electron chi connectivity index (χ3n) is 4.16. The van der Waals surface area contributed by atoms with Gasteiger partial charge in [-0.1, -0.05) is 11.8 Å². The number of nitrogens with one attached hydrogen (secondary N) is 2. The molecule has 0 saturated heterocycles. The molecule has 0 aliphatic rings. The Bertz CT molecular complexity index is 1240. The van der Waals surface area contributed by atoms with Gasteiger partial charge < -0.3 is 11.2 Å². The number of benzene rings is 2. The van der Waals surface area contributed by atoms with Gasteiger partial charge in [-0.3, -0.25) is 9.89 Å². The van der Waals surface area contributed by atoms with Crippen LogP contribution in [-0.4, -0.2) is 36.7 Å². The van der Waals surface area contributed by atoms with Crippen LogP contribution in [0, 0.1) is 17.5 Å². The molecule has 0 saturated carbocycles. The molecule has 4 aromatic rings. The van der Waals surface area contributed by atoms with Gasteiger partial charge in [0.05, 0.1) is 17.1 Å². The first kappa shape index (κ1) is 20.5. The van der Waals surface area contributed by atoms with Gasteiger partial charge in [-0.05, 0) is 42.5 Å².